The summed E-state index contributed by atoms with van der Waals surface area (Å²) in [5, 5.41) is 0.722. The number of aromatic amines is 1. The summed E-state index contributed by atoms with van der Waals surface area (Å²) in [6.45, 7) is 1.57. The Morgan fingerprint density at radius 3 is 3.11 bits per heavy atom. The minimum atomic E-state index is -0.132. The summed E-state index contributed by atoms with van der Waals surface area (Å²) in [6, 6.07) is 5.56. The minimum absolute atomic E-state index is 0.132. The van der Waals surface area contributed by atoms with Crippen molar-refractivity contribution < 1.29 is 4.79 Å². The van der Waals surface area contributed by atoms with Crippen LogP contribution in [0.4, 0.5) is 0 Å². The highest BCUT2D eigenvalue weighted by Crippen LogP contribution is 2.12. The number of fused-ring (bicyclic) bond motifs is 1. The highest BCUT2D eigenvalue weighted by atomic mass is 32.2. The molecule has 0 unspecified atom stereocenters. The molecule has 0 aliphatic rings. The summed E-state index contributed by atoms with van der Waals surface area (Å²) < 4.78 is 0. The number of carbonyl (C=O) groups excluding carboxylic acids is 1. The van der Waals surface area contributed by atoms with Crippen LogP contribution in [0.15, 0.2) is 35.4 Å². The average molecular weight is 274 g/mol. The van der Waals surface area contributed by atoms with Crippen molar-refractivity contribution in [2.24, 2.45) is 0 Å². The first-order valence-corrected chi connectivity index (χ1v) is 6.93. The molecule has 1 N–H and O–H groups in total. The lowest BCUT2D eigenvalue weighted by atomic mass is 10.1. The standard InChI is InChI=1S/C14H14N2O2S/c1-10(17)19-7-3-2-4-11-5-6-13-12(8-11)14(18)16-9-15-13/h2,4-6,8-9H,3,7H2,1H3,(H,15,16,18). The normalized spacial score (nSPS) is 11.2. The molecule has 0 fully saturated rings. The van der Waals surface area contributed by atoms with Gasteiger partial charge in [-0.15, -0.1) is 0 Å². The van der Waals surface area contributed by atoms with Gasteiger partial charge in [-0.3, -0.25) is 9.59 Å². The molecule has 0 saturated carbocycles. The van der Waals surface area contributed by atoms with Crippen LogP contribution >= 0.6 is 11.8 Å². The number of aromatic nitrogens is 2. The van der Waals surface area contributed by atoms with Gasteiger partial charge in [0.1, 0.15) is 0 Å². The molecule has 0 spiro atoms. The summed E-state index contributed by atoms with van der Waals surface area (Å²) in [4.78, 5) is 29.0. The number of thioether (sulfide) groups is 1. The molecule has 5 heteroatoms. The zero-order chi connectivity index (χ0) is 13.7. The van der Waals surface area contributed by atoms with Crippen LogP contribution in [0.5, 0.6) is 0 Å². The average Bonchev–Trinajstić information content (AvgIpc) is 2.39. The number of rotatable bonds is 4. The van der Waals surface area contributed by atoms with Gasteiger partial charge in [0.2, 0.25) is 0 Å². The first kappa shape index (κ1) is 13.5. The quantitative estimate of drug-likeness (QED) is 0.870. The van der Waals surface area contributed by atoms with E-state index in [0.717, 1.165) is 17.7 Å². The van der Waals surface area contributed by atoms with Crippen LogP contribution < -0.4 is 5.56 Å². The lowest BCUT2D eigenvalue weighted by molar-refractivity contribution is -0.109. The van der Waals surface area contributed by atoms with Gasteiger partial charge in [-0.1, -0.05) is 30.0 Å². The fraction of sp³-hybridized carbons (Fsp3) is 0.214. The van der Waals surface area contributed by atoms with E-state index in [-0.39, 0.29) is 10.7 Å². The van der Waals surface area contributed by atoms with Crippen molar-refractivity contribution in [3.63, 3.8) is 0 Å². The second kappa shape index (κ2) is 6.33. The number of H-pyrrole nitrogens is 1. The van der Waals surface area contributed by atoms with E-state index in [4.69, 9.17) is 0 Å². The van der Waals surface area contributed by atoms with Crippen molar-refractivity contribution in [3.05, 3.63) is 46.5 Å². The van der Waals surface area contributed by atoms with Gasteiger partial charge in [0.15, 0.2) is 5.12 Å². The number of allylic oxidation sites excluding steroid dienone is 1. The van der Waals surface area contributed by atoms with Crippen molar-refractivity contribution in [2.45, 2.75) is 13.3 Å². The minimum Gasteiger partial charge on any atom is -0.313 e. The van der Waals surface area contributed by atoms with E-state index >= 15 is 0 Å². The maximum atomic E-state index is 11.6. The third-order valence-corrected chi connectivity index (χ3v) is 3.41. The molecule has 0 atom stereocenters. The molecule has 0 radical (unpaired) electrons. The van der Waals surface area contributed by atoms with Crippen molar-refractivity contribution >= 4 is 33.9 Å². The van der Waals surface area contributed by atoms with Crippen LogP contribution in [-0.2, 0) is 4.79 Å². The molecule has 19 heavy (non-hydrogen) atoms. The predicted molar refractivity (Wildman–Crippen MR) is 79.2 cm³/mol. The molecule has 0 amide bonds. The summed E-state index contributed by atoms with van der Waals surface area (Å²) in [7, 11) is 0. The van der Waals surface area contributed by atoms with Crippen molar-refractivity contribution in [1.29, 1.82) is 0 Å². The summed E-state index contributed by atoms with van der Waals surface area (Å²) in [5.74, 6) is 0.779. The lowest BCUT2D eigenvalue weighted by Gasteiger charge is -1.98. The van der Waals surface area contributed by atoms with Gasteiger partial charge >= 0.3 is 0 Å². The van der Waals surface area contributed by atoms with Gasteiger partial charge in [0, 0.05) is 12.7 Å². The van der Waals surface area contributed by atoms with E-state index in [9.17, 15) is 9.59 Å². The number of carbonyl (C=O) groups is 1. The summed E-state index contributed by atoms with van der Waals surface area (Å²) in [5.41, 5.74) is 1.51. The lowest BCUT2D eigenvalue weighted by Crippen LogP contribution is -2.05. The smallest absolute Gasteiger partial charge is 0.258 e. The monoisotopic (exact) mass is 274 g/mol. The van der Waals surface area contributed by atoms with Crippen LogP contribution in [0, 0.1) is 0 Å². The predicted octanol–water partition coefficient (Wildman–Crippen LogP) is 2.61. The molecule has 4 nitrogen and oxygen atoms in total. The van der Waals surface area contributed by atoms with Crippen molar-refractivity contribution in [2.75, 3.05) is 5.75 Å². The number of benzene rings is 1. The topological polar surface area (TPSA) is 62.8 Å². The second-order valence-electron chi connectivity index (χ2n) is 4.04. The number of hydrogen-bond donors (Lipinski definition) is 1. The van der Waals surface area contributed by atoms with Gasteiger partial charge in [-0.25, -0.2) is 4.98 Å². The molecule has 0 aliphatic heterocycles. The van der Waals surface area contributed by atoms with Crippen LogP contribution in [0.2, 0.25) is 0 Å². The molecular weight excluding hydrogens is 260 g/mol. The van der Waals surface area contributed by atoms with Gasteiger partial charge < -0.3 is 4.98 Å². The Kier molecular flexibility index (Phi) is 4.52. The van der Waals surface area contributed by atoms with E-state index in [1.165, 1.54) is 18.1 Å². The molecule has 0 saturated heterocycles. The molecule has 1 aromatic carbocycles. The van der Waals surface area contributed by atoms with E-state index in [1.54, 1.807) is 6.92 Å². The van der Waals surface area contributed by atoms with Gasteiger partial charge in [0.25, 0.3) is 5.56 Å². The van der Waals surface area contributed by atoms with Crippen LogP contribution in [0.1, 0.15) is 18.9 Å². The Labute approximate surface area is 114 Å². The number of nitrogens with zero attached hydrogens (tertiary/aromatic N) is 1. The third kappa shape index (κ3) is 3.79. The Morgan fingerprint density at radius 2 is 2.32 bits per heavy atom. The van der Waals surface area contributed by atoms with Gasteiger partial charge in [-0.05, 0) is 24.1 Å². The second-order valence-corrected chi connectivity index (χ2v) is 5.31. The fourth-order valence-corrected chi connectivity index (χ4v) is 2.22. The number of nitrogens with one attached hydrogen (secondary N) is 1. The van der Waals surface area contributed by atoms with E-state index < -0.39 is 0 Å². The van der Waals surface area contributed by atoms with Crippen LogP contribution in [-0.4, -0.2) is 20.8 Å². The molecular formula is C14H14N2O2S. The molecule has 2 aromatic rings. The SMILES string of the molecule is CC(=O)SCCC=Cc1ccc2nc[nH]c(=O)c2c1. The molecule has 0 aliphatic carbocycles. The molecule has 1 heterocycles. The molecule has 98 valence electrons. The maximum Gasteiger partial charge on any atom is 0.258 e. The highest BCUT2D eigenvalue weighted by molar-refractivity contribution is 8.13. The zero-order valence-electron chi connectivity index (χ0n) is 10.6. The van der Waals surface area contributed by atoms with Gasteiger partial charge in [0.05, 0.1) is 17.2 Å². The fourth-order valence-electron chi connectivity index (χ4n) is 1.68. The maximum absolute atomic E-state index is 11.6. The zero-order valence-corrected chi connectivity index (χ0v) is 11.4. The van der Waals surface area contributed by atoms with E-state index in [1.807, 2.05) is 30.4 Å². The van der Waals surface area contributed by atoms with Crippen LogP contribution in [0.25, 0.3) is 17.0 Å². The Morgan fingerprint density at radius 1 is 1.47 bits per heavy atom. The third-order valence-electron chi connectivity index (χ3n) is 2.56. The summed E-state index contributed by atoms with van der Waals surface area (Å²) in [6.07, 6.45) is 6.18. The molecule has 2 rings (SSSR count). The summed E-state index contributed by atoms with van der Waals surface area (Å²) >= 11 is 1.32. The largest absolute Gasteiger partial charge is 0.313 e. The Bertz CT molecular complexity index is 676. The molecule has 0 bridgehead atoms. The van der Waals surface area contributed by atoms with Crippen molar-refractivity contribution in [3.8, 4) is 0 Å². The first-order chi connectivity index (χ1) is 9.16. The van der Waals surface area contributed by atoms with E-state index in [2.05, 4.69) is 9.97 Å². The van der Waals surface area contributed by atoms with E-state index in [0.29, 0.717) is 10.9 Å². The van der Waals surface area contributed by atoms with Crippen molar-refractivity contribution in [1.82, 2.24) is 9.97 Å². The number of hydrogen-bond acceptors (Lipinski definition) is 4. The van der Waals surface area contributed by atoms with Gasteiger partial charge in [-0.2, -0.15) is 0 Å². The highest BCUT2D eigenvalue weighted by Gasteiger charge is 1.99. The Hall–Kier alpha value is -1.88. The van der Waals surface area contributed by atoms with Crippen LogP contribution in [0.3, 0.4) is 0 Å². The molecule has 1 aromatic heterocycles. The Balaban J connectivity index is 2.09. The first-order valence-electron chi connectivity index (χ1n) is 5.94.